The van der Waals surface area contributed by atoms with Crippen molar-refractivity contribution in [1.29, 1.82) is 5.26 Å². The van der Waals surface area contributed by atoms with E-state index in [2.05, 4.69) is 6.07 Å². The number of methoxy groups -OCH3 is 4. The lowest BCUT2D eigenvalue weighted by atomic mass is 9.80. The van der Waals surface area contributed by atoms with Gasteiger partial charge in [0, 0.05) is 11.1 Å². The molecule has 0 radical (unpaired) electrons. The van der Waals surface area contributed by atoms with Gasteiger partial charge in [-0.3, -0.25) is 4.90 Å². The highest BCUT2D eigenvalue weighted by molar-refractivity contribution is 5.73. The third kappa shape index (κ3) is 5.29. The molecule has 10 heteroatoms. The van der Waals surface area contributed by atoms with Crippen LogP contribution in [0.15, 0.2) is 64.8 Å². The first-order chi connectivity index (χ1) is 18.9. The van der Waals surface area contributed by atoms with Gasteiger partial charge in [-0.2, -0.15) is 5.26 Å². The fourth-order valence-corrected chi connectivity index (χ4v) is 4.77. The fourth-order valence-electron chi connectivity index (χ4n) is 4.77. The molecule has 0 bridgehead atoms. The summed E-state index contributed by atoms with van der Waals surface area (Å²) in [5, 5.41) is 10.1. The van der Waals surface area contributed by atoms with Crippen LogP contribution in [0, 0.1) is 11.3 Å². The number of rotatable bonds is 7. The third-order valence-corrected chi connectivity index (χ3v) is 6.56. The van der Waals surface area contributed by atoms with Gasteiger partial charge >= 0.3 is 6.09 Å². The number of nitriles is 1. The summed E-state index contributed by atoms with van der Waals surface area (Å²) in [6, 6.07) is 13.1. The molecule has 2 aromatic rings. The van der Waals surface area contributed by atoms with E-state index in [1.807, 2.05) is 24.3 Å². The highest BCUT2D eigenvalue weighted by Crippen LogP contribution is 2.45. The summed E-state index contributed by atoms with van der Waals surface area (Å²) in [5.74, 6) is 2.09. The molecule has 204 valence electrons. The maximum absolute atomic E-state index is 12.9. The van der Waals surface area contributed by atoms with Gasteiger partial charge in [0.2, 0.25) is 5.88 Å². The minimum absolute atomic E-state index is 0.00108. The highest BCUT2D eigenvalue weighted by atomic mass is 16.6. The minimum Gasteiger partial charge on any atom is -0.493 e. The summed E-state index contributed by atoms with van der Waals surface area (Å²) in [7, 11) is 6.22. The van der Waals surface area contributed by atoms with Crippen LogP contribution in [0.2, 0.25) is 0 Å². The normalized spacial score (nSPS) is 17.7. The van der Waals surface area contributed by atoms with E-state index in [1.54, 1.807) is 58.5 Å². The van der Waals surface area contributed by atoms with Crippen molar-refractivity contribution in [3.8, 4) is 29.1 Å². The van der Waals surface area contributed by atoms with Crippen LogP contribution in [0.3, 0.4) is 0 Å². The summed E-state index contributed by atoms with van der Waals surface area (Å²) in [4.78, 5) is 14.5. The molecule has 2 N–H and O–H groups in total. The van der Waals surface area contributed by atoms with E-state index in [4.69, 9.17) is 34.2 Å². The molecule has 2 aliphatic heterocycles. The van der Waals surface area contributed by atoms with Gasteiger partial charge in [-0.1, -0.05) is 12.1 Å². The Morgan fingerprint density at radius 3 is 2.28 bits per heavy atom. The van der Waals surface area contributed by atoms with Gasteiger partial charge in [0.25, 0.3) is 0 Å². The van der Waals surface area contributed by atoms with Crippen molar-refractivity contribution in [3.63, 3.8) is 0 Å². The zero-order valence-corrected chi connectivity index (χ0v) is 22.6. The molecule has 2 aromatic carbocycles. The molecule has 10 nitrogen and oxygen atoms in total. The number of amides is 1. The zero-order valence-electron chi connectivity index (χ0n) is 22.6. The number of hydrogen-bond donors (Lipinski definition) is 1. The molecule has 4 rings (SSSR count). The van der Waals surface area contributed by atoms with Gasteiger partial charge in [0.05, 0.1) is 54.1 Å². The van der Waals surface area contributed by atoms with E-state index in [0.717, 1.165) is 11.1 Å². The molecule has 0 spiro atoms. The van der Waals surface area contributed by atoms with Crippen LogP contribution in [0.4, 0.5) is 4.79 Å². The van der Waals surface area contributed by atoms with Crippen LogP contribution in [0.25, 0.3) is 6.08 Å². The molecule has 2 heterocycles. The second-order valence-corrected chi connectivity index (χ2v) is 8.73. The molecule has 0 aromatic heterocycles. The van der Waals surface area contributed by atoms with Gasteiger partial charge < -0.3 is 34.2 Å². The number of nitrogens with zero attached hydrogens (tertiary/aromatic N) is 2. The summed E-state index contributed by atoms with van der Waals surface area (Å²) < 4.78 is 33.1. The van der Waals surface area contributed by atoms with Crippen molar-refractivity contribution >= 4 is 12.2 Å². The van der Waals surface area contributed by atoms with E-state index in [9.17, 15) is 10.1 Å². The Morgan fingerprint density at radius 2 is 1.67 bits per heavy atom. The third-order valence-electron chi connectivity index (χ3n) is 6.56. The molecule has 0 aliphatic carbocycles. The van der Waals surface area contributed by atoms with Crippen LogP contribution >= 0.6 is 0 Å². The number of carbonyl (C=O) groups is 1. The lowest BCUT2D eigenvalue weighted by Crippen LogP contribution is -2.41. The van der Waals surface area contributed by atoms with Gasteiger partial charge in [0.15, 0.2) is 23.0 Å². The van der Waals surface area contributed by atoms with Crippen molar-refractivity contribution in [1.82, 2.24) is 4.90 Å². The van der Waals surface area contributed by atoms with Crippen molar-refractivity contribution in [2.24, 2.45) is 5.73 Å². The number of benzene rings is 2. The predicted molar refractivity (Wildman–Crippen MR) is 143 cm³/mol. The van der Waals surface area contributed by atoms with Gasteiger partial charge in [0.1, 0.15) is 17.4 Å². The number of carbonyl (C=O) groups excluding carboxylic acids is 1. The van der Waals surface area contributed by atoms with Crippen LogP contribution in [0.1, 0.15) is 24.0 Å². The topological polar surface area (TPSA) is 126 Å². The molecule has 0 saturated heterocycles. The zero-order chi connectivity index (χ0) is 28.1. The largest absolute Gasteiger partial charge is 0.493 e. The second kappa shape index (κ2) is 11.7. The second-order valence-electron chi connectivity index (χ2n) is 8.73. The van der Waals surface area contributed by atoms with E-state index >= 15 is 0 Å². The van der Waals surface area contributed by atoms with Gasteiger partial charge in [-0.15, -0.1) is 0 Å². The number of hydrogen-bond acceptors (Lipinski definition) is 9. The average molecular weight is 534 g/mol. The lowest BCUT2D eigenvalue weighted by Gasteiger charge is -2.37. The molecule has 0 fully saturated rings. The first kappa shape index (κ1) is 27.3. The Labute approximate surface area is 227 Å². The van der Waals surface area contributed by atoms with Gasteiger partial charge in [-0.05, 0) is 48.4 Å². The van der Waals surface area contributed by atoms with Crippen molar-refractivity contribution in [2.75, 3.05) is 48.1 Å². The first-order valence-electron chi connectivity index (χ1n) is 12.3. The number of allylic oxidation sites excluding steroid dienone is 1. The van der Waals surface area contributed by atoms with Crippen molar-refractivity contribution in [2.45, 2.75) is 12.8 Å². The molecular weight excluding hydrogens is 502 g/mol. The molecule has 1 amide bonds. The first-order valence-corrected chi connectivity index (χ1v) is 12.3. The SMILES string of the molecule is CCOC(=O)N1CC2=C(OC(N)=C(C#N)C2c2ccc(OC)c(OC)c2)/C(=C/c2ccc(OC)c(OC)c2)C1. The molecule has 1 unspecified atom stereocenters. The van der Waals surface area contributed by atoms with Crippen molar-refractivity contribution < 1.29 is 33.2 Å². The Balaban J connectivity index is 1.90. The molecule has 2 aliphatic rings. The summed E-state index contributed by atoms with van der Waals surface area (Å²) >= 11 is 0. The molecule has 1 atom stereocenters. The van der Waals surface area contributed by atoms with Crippen LogP contribution in [-0.4, -0.2) is 59.1 Å². The van der Waals surface area contributed by atoms with Crippen LogP contribution in [-0.2, 0) is 9.47 Å². The van der Waals surface area contributed by atoms with Crippen molar-refractivity contribution in [3.05, 3.63) is 75.9 Å². The number of ether oxygens (including phenoxy) is 6. The lowest BCUT2D eigenvalue weighted by molar-refractivity contribution is 0.109. The average Bonchev–Trinajstić information content (AvgIpc) is 2.96. The maximum Gasteiger partial charge on any atom is 0.410 e. The van der Waals surface area contributed by atoms with E-state index in [1.165, 1.54) is 0 Å². The quantitative estimate of drug-likeness (QED) is 0.553. The number of nitrogens with two attached hydrogens (primary N) is 1. The van der Waals surface area contributed by atoms with Gasteiger partial charge in [-0.25, -0.2) is 4.79 Å². The van der Waals surface area contributed by atoms with Crippen LogP contribution < -0.4 is 24.7 Å². The minimum atomic E-state index is -0.593. The smallest absolute Gasteiger partial charge is 0.410 e. The molecule has 0 saturated carbocycles. The van der Waals surface area contributed by atoms with Crippen LogP contribution in [0.5, 0.6) is 23.0 Å². The standard InChI is InChI=1S/C29H31N3O7/c1-6-38-29(33)32-15-19(11-17-7-9-22(34-2)24(12-17)36-4)27-21(16-32)26(20(14-30)28(31)39-27)18-8-10-23(35-3)25(13-18)37-5/h7-13,26H,6,15-16,31H2,1-5H3/b19-11+. The molecule has 39 heavy (non-hydrogen) atoms. The van der Waals surface area contributed by atoms with E-state index < -0.39 is 12.0 Å². The highest BCUT2D eigenvalue weighted by Gasteiger charge is 2.39. The Hall–Kier alpha value is -4.78. The Kier molecular flexibility index (Phi) is 8.20. The molecular formula is C29H31N3O7. The Bertz CT molecular complexity index is 1400. The summed E-state index contributed by atoms with van der Waals surface area (Å²) in [5.41, 5.74) is 9.44. The maximum atomic E-state index is 12.9. The summed E-state index contributed by atoms with van der Waals surface area (Å²) in [6.07, 6.45) is 1.41. The summed E-state index contributed by atoms with van der Waals surface area (Å²) in [6.45, 7) is 2.36. The monoisotopic (exact) mass is 533 g/mol. The van der Waals surface area contributed by atoms with E-state index in [-0.39, 0.29) is 31.2 Å². The van der Waals surface area contributed by atoms with E-state index in [0.29, 0.717) is 39.9 Å². The fraction of sp³-hybridized carbons (Fsp3) is 0.310. The predicted octanol–water partition coefficient (Wildman–Crippen LogP) is 4.34. The Morgan fingerprint density at radius 1 is 1.03 bits per heavy atom.